The molecule has 25 atom stereocenters. The summed E-state index contributed by atoms with van der Waals surface area (Å²) in [7, 11) is 0. The van der Waals surface area contributed by atoms with Crippen LogP contribution in [0.3, 0.4) is 0 Å². The van der Waals surface area contributed by atoms with Gasteiger partial charge in [0, 0.05) is 13.8 Å². The highest BCUT2D eigenvalue weighted by molar-refractivity contribution is 5.73. The first kappa shape index (κ1) is 50.0. The van der Waals surface area contributed by atoms with Crippen LogP contribution in [0.2, 0.25) is 0 Å². The molecular weight excluding hydrogens is 836 g/mol. The zero-order valence-electron chi connectivity index (χ0n) is 33.0. The van der Waals surface area contributed by atoms with E-state index in [1.54, 1.807) is 0 Å². The minimum atomic E-state index is -2.08. The summed E-state index contributed by atoms with van der Waals surface area (Å²) in [6.07, 6.45) is -42.3. The van der Waals surface area contributed by atoms with E-state index in [-0.39, 0.29) is 0 Å². The number of aliphatic hydroxyl groups is 14. The molecule has 5 heterocycles. The number of carbonyl (C=O) groups is 2. The molecule has 5 aliphatic heterocycles. The van der Waals surface area contributed by atoms with E-state index in [0.29, 0.717) is 0 Å². The Labute approximate surface area is 346 Å². The van der Waals surface area contributed by atoms with Crippen molar-refractivity contribution in [2.24, 2.45) is 0 Å². The van der Waals surface area contributed by atoms with Crippen molar-refractivity contribution in [1.82, 2.24) is 10.6 Å². The fourth-order valence-corrected chi connectivity index (χ4v) is 7.74. The molecule has 354 valence electrons. The summed E-state index contributed by atoms with van der Waals surface area (Å²) in [4.78, 5) is 24.8. The lowest BCUT2D eigenvalue weighted by atomic mass is 9.93. The van der Waals surface area contributed by atoms with Gasteiger partial charge in [-0.3, -0.25) is 9.59 Å². The second-order valence-corrected chi connectivity index (χ2v) is 15.4. The average Bonchev–Trinajstić information content (AvgIpc) is 3.22. The van der Waals surface area contributed by atoms with Crippen LogP contribution in [0.15, 0.2) is 0 Å². The molecule has 0 spiro atoms. The standard InChI is InChI=1S/C34H58N2O25/c1-8-17(43)22(48)24(50)32(53-8)61-29-28(60-33-25(51)23(49)18(44)11(4-37)56-33)21(47)14(7-40)57-34(29)59-27-16(36-10(3)42)31(55-13(6-39)20(27)46)58-26-15(35-9(2)41)30(52)54-12(5-38)19(26)45/h8,11-34,37-40,43-52H,4-7H2,1-3H3,(H,35,41)(H,36,42)/t8-,11+,12+,13+,14+,15+,16+,17+,18-,19-,20+,21-,22+,23-,24-,25+,26+,27+,28-,29+,30+,31-,32-,33+,34-/m0/s1. The zero-order chi connectivity index (χ0) is 45.2. The highest BCUT2D eigenvalue weighted by Gasteiger charge is 2.58. The molecule has 5 fully saturated rings. The Balaban J connectivity index is 1.56. The minimum absolute atomic E-state index is 0.728. The van der Waals surface area contributed by atoms with Crippen LogP contribution in [-0.4, -0.2) is 263 Å². The minimum Gasteiger partial charge on any atom is -0.394 e. The summed E-state index contributed by atoms with van der Waals surface area (Å²) in [6, 6.07) is -3.28. The summed E-state index contributed by atoms with van der Waals surface area (Å²) in [5, 5.41) is 154. The predicted octanol–water partition coefficient (Wildman–Crippen LogP) is -10.6. The molecule has 0 aromatic carbocycles. The first-order valence-electron chi connectivity index (χ1n) is 19.5. The Hall–Kier alpha value is -1.98. The molecule has 61 heavy (non-hydrogen) atoms. The van der Waals surface area contributed by atoms with Crippen molar-refractivity contribution < 1.29 is 124 Å². The molecular formula is C34H58N2O25. The van der Waals surface area contributed by atoms with Crippen LogP contribution < -0.4 is 10.6 Å². The number of carbonyl (C=O) groups excluding carboxylic acids is 2. The number of hydrogen-bond donors (Lipinski definition) is 16. The van der Waals surface area contributed by atoms with Crippen LogP contribution in [0.1, 0.15) is 20.8 Å². The van der Waals surface area contributed by atoms with Crippen LogP contribution in [-0.2, 0) is 52.2 Å². The SMILES string of the molecule is CC(=O)N[C@@H]1[C@@H](O[C@@H]2O[C@H](CO)[C@@H](O)[C@H](O[C@@H]3O[C@H](CO)[C@H](O)[C@H](O[C@H]4O[C@H](CO)[C@H](O)[C@H](O)[C@H]4O)[C@H]3O[C@@H]3O[C@@H](C)[C@@H](O)[C@@H](O)[C@@H]3O)[C@H]2NC(C)=O)[C@@H](O)[C@@H](CO)O[C@H]1O. The third-order valence-electron chi connectivity index (χ3n) is 11.1. The van der Waals surface area contributed by atoms with Gasteiger partial charge in [-0.2, -0.15) is 0 Å². The number of rotatable bonds is 14. The maximum atomic E-state index is 12.7. The van der Waals surface area contributed by atoms with Gasteiger partial charge in [0.25, 0.3) is 0 Å². The molecule has 0 bridgehead atoms. The van der Waals surface area contributed by atoms with Crippen molar-refractivity contribution in [2.45, 2.75) is 174 Å². The van der Waals surface area contributed by atoms with Crippen LogP contribution in [0, 0.1) is 0 Å². The van der Waals surface area contributed by atoms with Crippen molar-refractivity contribution in [1.29, 1.82) is 0 Å². The quantitative estimate of drug-likeness (QED) is 0.0770. The van der Waals surface area contributed by atoms with E-state index in [0.717, 1.165) is 13.8 Å². The largest absolute Gasteiger partial charge is 0.394 e. The van der Waals surface area contributed by atoms with Crippen molar-refractivity contribution >= 4 is 11.8 Å². The van der Waals surface area contributed by atoms with Gasteiger partial charge in [-0.25, -0.2) is 0 Å². The van der Waals surface area contributed by atoms with Crippen molar-refractivity contribution in [3.63, 3.8) is 0 Å². The summed E-state index contributed by atoms with van der Waals surface area (Å²) in [6.45, 7) is -0.335. The summed E-state index contributed by atoms with van der Waals surface area (Å²) < 4.78 is 52.2. The van der Waals surface area contributed by atoms with Gasteiger partial charge in [-0.15, -0.1) is 0 Å². The molecule has 0 radical (unpaired) electrons. The van der Waals surface area contributed by atoms with Gasteiger partial charge < -0.3 is 125 Å². The van der Waals surface area contributed by atoms with E-state index in [9.17, 15) is 81.1 Å². The molecule has 27 nitrogen and oxygen atoms in total. The third-order valence-corrected chi connectivity index (χ3v) is 11.1. The van der Waals surface area contributed by atoms with E-state index in [1.165, 1.54) is 6.92 Å². The maximum absolute atomic E-state index is 12.7. The fraction of sp³-hybridized carbons (Fsp3) is 0.941. The molecule has 16 N–H and O–H groups in total. The molecule has 27 heteroatoms. The molecule has 5 aliphatic rings. The van der Waals surface area contributed by atoms with E-state index in [1.807, 2.05) is 0 Å². The van der Waals surface area contributed by atoms with Crippen LogP contribution in [0.5, 0.6) is 0 Å². The lowest BCUT2D eigenvalue weighted by Crippen LogP contribution is -2.71. The molecule has 0 unspecified atom stereocenters. The number of amides is 2. The van der Waals surface area contributed by atoms with E-state index in [4.69, 9.17) is 42.6 Å². The molecule has 0 saturated carbocycles. The molecule has 5 saturated heterocycles. The monoisotopic (exact) mass is 894 g/mol. The van der Waals surface area contributed by atoms with Crippen LogP contribution in [0.25, 0.3) is 0 Å². The summed E-state index contributed by atoms with van der Waals surface area (Å²) in [5.74, 6) is -1.55. The van der Waals surface area contributed by atoms with E-state index >= 15 is 0 Å². The molecule has 0 aromatic rings. The number of ether oxygens (including phenoxy) is 9. The summed E-state index contributed by atoms with van der Waals surface area (Å²) in [5.41, 5.74) is 0. The highest BCUT2D eigenvalue weighted by Crippen LogP contribution is 2.37. The van der Waals surface area contributed by atoms with Gasteiger partial charge in [-0.1, -0.05) is 0 Å². The van der Waals surface area contributed by atoms with Crippen LogP contribution in [0.4, 0.5) is 0 Å². The van der Waals surface area contributed by atoms with Gasteiger partial charge in [-0.05, 0) is 6.92 Å². The zero-order valence-corrected chi connectivity index (χ0v) is 33.0. The van der Waals surface area contributed by atoms with E-state index < -0.39 is 192 Å². The lowest BCUT2D eigenvalue weighted by Gasteiger charge is -2.51. The molecule has 5 rings (SSSR count). The number of aliphatic hydroxyl groups excluding tert-OH is 14. The van der Waals surface area contributed by atoms with Crippen molar-refractivity contribution in [3.05, 3.63) is 0 Å². The smallest absolute Gasteiger partial charge is 0.217 e. The fourth-order valence-electron chi connectivity index (χ4n) is 7.74. The van der Waals surface area contributed by atoms with Gasteiger partial charge >= 0.3 is 0 Å². The van der Waals surface area contributed by atoms with E-state index in [2.05, 4.69) is 10.6 Å². The van der Waals surface area contributed by atoms with Gasteiger partial charge in [0.15, 0.2) is 31.5 Å². The van der Waals surface area contributed by atoms with Crippen molar-refractivity contribution in [2.75, 3.05) is 26.4 Å². The Morgan fingerprint density at radius 1 is 0.426 bits per heavy atom. The Morgan fingerprint density at radius 2 is 0.803 bits per heavy atom. The van der Waals surface area contributed by atoms with Gasteiger partial charge in [0.1, 0.15) is 116 Å². The second kappa shape index (κ2) is 21.3. The molecule has 2 amide bonds. The predicted molar refractivity (Wildman–Crippen MR) is 188 cm³/mol. The molecule has 0 aromatic heterocycles. The van der Waals surface area contributed by atoms with Crippen molar-refractivity contribution in [3.8, 4) is 0 Å². The molecule has 0 aliphatic carbocycles. The maximum Gasteiger partial charge on any atom is 0.217 e. The second-order valence-electron chi connectivity index (χ2n) is 15.4. The summed E-state index contributed by atoms with van der Waals surface area (Å²) >= 11 is 0. The van der Waals surface area contributed by atoms with Gasteiger partial charge in [0.2, 0.25) is 11.8 Å². The highest BCUT2D eigenvalue weighted by atomic mass is 16.8. The normalized spacial score (nSPS) is 49.6. The Kier molecular flexibility index (Phi) is 17.5. The number of nitrogens with one attached hydrogen (secondary N) is 2. The topological polar surface area (TPSA) is 424 Å². The third kappa shape index (κ3) is 10.8. The number of hydrogen-bond acceptors (Lipinski definition) is 25. The Morgan fingerprint density at radius 3 is 1.34 bits per heavy atom. The first-order valence-corrected chi connectivity index (χ1v) is 19.5. The van der Waals surface area contributed by atoms with Gasteiger partial charge in [0.05, 0.1) is 32.5 Å². The first-order chi connectivity index (χ1) is 28.8. The Bertz CT molecular complexity index is 1420. The lowest BCUT2D eigenvalue weighted by molar-refractivity contribution is -0.402. The average molecular weight is 895 g/mol. The van der Waals surface area contributed by atoms with Crippen LogP contribution >= 0.6 is 0 Å².